The molecule has 1 aromatic carbocycles. The summed E-state index contributed by atoms with van der Waals surface area (Å²) in [7, 11) is 0. The highest BCUT2D eigenvalue weighted by atomic mass is 35.5. The molecule has 2 aromatic rings. The summed E-state index contributed by atoms with van der Waals surface area (Å²) in [4.78, 5) is 0. The Balaban J connectivity index is 0.00000112. The van der Waals surface area contributed by atoms with E-state index >= 15 is 0 Å². The smallest absolute Gasteiger partial charge is 0.134 e. The normalized spacial score (nSPS) is 9.67. The first-order valence-corrected chi connectivity index (χ1v) is 4.74. The van der Waals surface area contributed by atoms with E-state index in [9.17, 15) is 0 Å². The Labute approximate surface area is 95.5 Å². The molecular weight excluding hydrogens is 210 g/mol. The Hall–Kier alpha value is -1.25. The number of benzene rings is 1. The van der Waals surface area contributed by atoms with Gasteiger partial charge in [-0.15, -0.1) is 12.4 Å². The summed E-state index contributed by atoms with van der Waals surface area (Å²) in [6, 6.07) is 14.0. The van der Waals surface area contributed by atoms with E-state index in [0.717, 1.165) is 23.5 Å². The Morgan fingerprint density at radius 1 is 1.00 bits per heavy atom. The van der Waals surface area contributed by atoms with Crippen molar-refractivity contribution in [2.45, 2.75) is 6.42 Å². The van der Waals surface area contributed by atoms with Crippen molar-refractivity contribution < 1.29 is 4.42 Å². The van der Waals surface area contributed by atoms with Crippen LogP contribution in [0.4, 0.5) is 0 Å². The number of hydrogen-bond acceptors (Lipinski definition) is 2. The first kappa shape index (κ1) is 11.8. The van der Waals surface area contributed by atoms with Crippen LogP contribution in [0.1, 0.15) is 5.76 Å². The van der Waals surface area contributed by atoms with Crippen molar-refractivity contribution in [1.82, 2.24) is 0 Å². The third kappa shape index (κ3) is 2.85. The standard InChI is InChI=1S/C12H13NO.ClH/c13-9-8-11-6-7-12(14-11)10-4-2-1-3-5-10;/h1-7H,8-9,13H2;1H. The second kappa shape index (κ2) is 5.59. The molecule has 0 saturated carbocycles. The Bertz CT molecular complexity index is 397. The lowest BCUT2D eigenvalue weighted by Crippen LogP contribution is -2.01. The lowest BCUT2D eigenvalue weighted by atomic mass is 10.2. The van der Waals surface area contributed by atoms with Gasteiger partial charge < -0.3 is 10.2 Å². The van der Waals surface area contributed by atoms with E-state index in [1.807, 2.05) is 42.5 Å². The molecule has 1 aromatic heterocycles. The molecule has 0 bridgehead atoms. The van der Waals surface area contributed by atoms with Gasteiger partial charge >= 0.3 is 0 Å². The molecule has 3 heteroatoms. The summed E-state index contributed by atoms with van der Waals surface area (Å²) >= 11 is 0. The molecule has 0 spiro atoms. The molecule has 0 saturated heterocycles. The Morgan fingerprint density at radius 3 is 2.40 bits per heavy atom. The van der Waals surface area contributed by atoms with Crippen LogP contribution in [0, 0.1) is 0 Å². The van der Waals surface area contributed by atoms with Crippen molar-refractivity contribution in [2.75, 3.05) is 6.54 Å². The van der Waals surface area contributed by atoms with Crippen molar-refractivity contribution in [1.29, 1.82) is 0 Å². The molecule has 0 fully saturated rings. The Morgan fingerprint density at radius 2 is 1.73 bits per heavy atom. The van der Waals surface area contributed by atoms with Gasteiger partial charge in [0.25, 0.3) is 0 Å². The van der Waals surface area contributed by atoms with Gasteiger partial charge in [0.15, 0.2) is 0 Å². The minimum Gasteiger partial charge on any atom is -0.461 e. The summed E-state index contributed by atoms with van der Waals surface area (Å²) in [5.74, 6) is 1.86. The summed E-state index contributed by atoms with van der Waals surface area (Å²) in [5, 5.41) is 0. The summed E-state index contributed by atoms with van der Waals surface area (Å²) in [6.07, 6.45) is 0.798. The summed E-state index contributed by atoms with van der Waals surface area (Å²) < 4.78 is 5.63. The number of hydrogen-bond donors (Lipinski definition) is 1. The number of nitrogens with two attached hydrogens (primary N) is 1. The molecule has 0 unspecified atom stereocenters. The van der Waals surface area contributed by atoms with Gasteiger partial charge in [-0.1, -0.05) is 30.3 Å². The monoisotopic (exact) mass is 223 g/mol. The first-order valence-electron chi connectivity index (χ1n) is 4.74. The maximum atomic E-state index is 5.63. The van der Waals surface area contributed by atoms with Gasteiger partial charge in [0.2, 0.25) is 0 Å². The van der Waals surface area contributed by atoms with E-state index in [0.29, 0.717) is 6.54 Å². The molecule has 80 valence electrons. The van der Waals surface area contributed by atoms with Gasteiger partial charge in [0.1, 0.15) is 11.5 Å². The second-order valence-electron chi connectivity index (χ2n) is 3.17. The van der Waals surface area contributed by atoms with Crippen molar-refractivity contribution in [3.63, 3.8) is 0 Å². The molecule has 0 aliphatic heterocycles. The lowest BCUT2D eigenvalue weighted by molar-refractivity contribution is 0.524. The molecule has 2 N–H and O–H groups in total. The van der Waals surface area contributed by atoms with Gasteiger partial charge in [-0.2, -0.15) is 0 Å². The van der Waals surface area contributed by atoms with Crippen molar-refractivity contribution in [2.24, 2.45) is 5.73 Å². The van der Waals surface area contributed by atoms with Gasteiger partial charge in [0.05, 0.1) is 0 Å². The third-order valence-electron chi connectivity index (χ3n) is 2.11. The van der Waals surface area contributed by atoms with Gasteiger partial charge in [-0.25, -0.2) is 0 Å². The topological polar surface area (TPSA) is 39.2 Å². The molecular formula is C12H14ClNO. The van der Waals surface area contributed by atoms with Crippen molar-refractivity contribution in [3.05, 3.63) is 48.2 Å². The molecule has 0 atom stereocenters. The van der Waals surface area contributed by atoms with Crippen molar-refractivity contribution >= 4 is 12.4 Å². The van der Waals surface area contributed by atoms with Crippen molar-refractivity contribution in [3.8, 4) is 11.3 Å². The van der Waals surface area contributed by atoms with Crippen LogP contribution in [0.25, 0.3) is 11.3 Å². The molecule has 0 amide bonds. The molecule has 0 aliphatic rings. The predicted octanol–water partition coefficient (Wildman–Crippen LogP) is 2.87. The molecule has 0 aliphatic carbocycles. The van der Waals surface area contributed by atoms with E-state index in [1.165, 1.54) is 0 Å². The zero-order chi connectivity index (χ0) is 9.80. The fourth-order valence-corrected chi connectivity index (χ4v) is 1.41. The number of furan rings is 1. The molecule has 2 nitrogen and oxygen atoms in total. The molecule has 0 radical (unpaired) electrons. The lowest BCUT2D eigenvalue weighted by Gasteiger charge is -1.95. The van der Waals surface area contributed by atoms with Gasteiger partial charge in [0, 0.05) is 12.0 Å². The van der Waals surface area contributed by atoms with Crippen LogP contribution in [-0.4, -0.2) is 6.54 Å². The van der Waals surface area contributed by atoms with Crippen LogP contribution >= 0.6 is 12.4 Å². The number of rotatable bonds is 3. The summed E-state index contributed by atoms with van der Waals surface area (Å²) in [6.45, 7) is 0.627. The van der Waals surface area contributed by atoms with Gasteiger partial charge in [-0.05, 0) is 18.7 Å². The average Bonchev–Trinajstić information content (AvgIpc) is 2.68. The molecule has 2 rings (SSSR count). The van der Waals surface area contributed by atoms with E-state index in [1.54, 1.807) is 0 Å². The van der Waals surface area contributed by atoms with E-state index < -0.39 is 0 Å². The maximum Gasteiger partial charge on any atom is 0.134 e. The van der Waals surface area contributed by atoms with Crippen LogP contribution in [0.5, 0.6) is 0 Å². The maximum absolute atomic E-state index is 5.63. The predicted molar refractivity (Wildman–Crippen MR) is 64.2 cm³/mol. The average molecular weight is 224 g/mol. The molecule has 1 heterocycles. The zero-order valence-electron chi connectivity index (χ0n) is 8.35. The van der Waals surface area contributed by atoms with Crippen LogP contribution in [-0.2, 0) is 6.42 Å². The first-order chi connectivity index (χ1) is 6.90. The van der Waals surface area contributed by atoms with E-state index in [4.69, 9.17) is 10.2 Å². The highest BCUT2D eigenvalue weighted by molar-refractivity contribution is 5.85. The number of halogens is 1. The minimum absolute atomic E-state index is 0. The van der Waals surface area contributed by atoms with Gasteiger partial charge in [-0.3, -0.25) is 0 Å². The van der Waals surface area contributed by atoms with Crippen LogP contribution in [0.2, 0.25) is 0 Å². The highest BCUT2D eigenvalue weighted by Gasteiger charge is 2.02. The SMILES string of the molecule is Cl.NCCc1ccc(-c2ccccc2)o1. The largest absolute Gasteiger partial charge is 0.461 e. The van der Waals surface area contributed by atoms with E-state index in [-0.39, 0.29) is 12.4 Å². The van der Waals surface area contributed by atoms with E-state index in [2.05, 4.69) is 0 Å². The summed E-state index contributed by atoms with van der Waals surface area (Å²) in [5.41, 5.74) is 6.56. The van der Waals surface area contributed by atoms with Crippen LogP contribution in [0.3, 0.4) is 0 Å². The van der Waals surface area contributed by atoms with Crippen LogP contribution in [0.15, 0.2) is 46.9 Å². The fourth-order valence-electron chi connectivity index (χ4n) is 1.41. The molecule has 15 heavy (non-hydrogen) atoms. The third-order valence-corrected chi connectivity index (χ3v) is 2.11. The fraction of sp³-hybridized carbons (Fsp3) is 0.167. The quantitative estimate of drug-likeness (QED) is 0.869. The van der Waals surface area contributed by atoms with Crippen LogP contribution < -0.4 is 5.73 Å². The highest BCUT2D eigenvalue weighted by Crippen LogP contribution is 2.21. The second-order valence-corrected chi connectivity index (χ2v) is 3.17. The zero-order valence-corrected chi connectivity index (χ0v) is 9.17. The minimum atomic E-state index is 0. The Kier molecular flexibility index (Phi) is 4.40.